The average Bonchev–Trinajstić information content (AvgIpc) is 3.23. The lowest BCUT2D eigenvalue weighted by Crippen LogP contribution is -2.64. The fraction of sp³-hybridized carbons (Fsp3) is 0.839. The molecule has 9 heteroatoms. The Balaban J connectivity index is 1.19. The zero-order valence-corrected chi connectivity index (χ0v) is 23.9. The number of aliphatic hydroxyl groups is 4. The fourth-order valence-corrected chi connectivity index (χ4v) is 10.1. The molecule has 13 atom stereocenters. The van der Waals surface area contributed by atoms with Crippen LogP contribution >= 0.6 is 0 Å². The number of ether oxygens (including phenoxy) is 3. The summed E-state index contributed by atoms with van der Waals surface area (Å²) in [4.78, 5) is 11.6. The average molecular weight is 563 g/mol. The Hall–Kier alpha value is -1.33. The normalized spacial score (nSPS) is 50.6. The smallest absolute Gasteiger partial charge is 0.335 e. The standard InChI is InChI=1S/C31H46O9/c1-17-25(34)27(37-3)26(35)28(39-17)40-20-8-12-30(16-32)19(14-20)5-6-23-22(30)9-11-29(2)21(10-13-31(23,29)36)18-4-7-24(33)38-15-18/h4,7,15,17,19-23,25-28,32,34-36H,5-6,8-14,16H2,1-3H3/t17-,19?,20?,21-,22+,23-,25-,26-,27+,28?,29-,30-,31+/m1/s1. The van der Waals surface area contributed by atoms with E-state index in [4.69, 9.17) is 18.6 Å². The number of hydrogen-bond donors (Lipinski definition) is 4. The number of hydrogen-bond acceptors (Lipinski definition) is 9. The second kappa shape index (κ2) is 10.4. The van der Waals surface area contributed by atoms with E-state index in [0.717, 1.165) is 56.9 Å². The molecule has 1 aromatic rings. The molecule has 4 N–H and O–H groups in total. The summed E-state index contributed by atoms with van der Waals surface area (Å²) in [6.45, 7) is 4.07. The summed E-state index contributed by atoms with van der Waals surface area (Å²) in [6.07, 6.45) is 4.78. The van der Waals surface area contributed by atoms with Gasteiger partial charge in [0.15, 0.2) is 6.29 Å². The molecule has 0 aromatic carbocycles. The van der Waals surface area contributed by atoms with E-state index < -0.39 is 36.3 Å². The lowest BCUT2D eigenvalue weighted by molar-refractivity contribution is -0.314. The van der Waals surface area contributed by atoms with Gasteiger partial charge in [-0.3, -0.25) is 0 Å². The lowest BCUT2D eigenvalue weighted by Gasteiger charge is -2.64. The zero-order valence-electron chi connectivity index (χ0n) is 23.9. The van der Waals surface area contributed by atoms with Gasteiger partial charge in [-0.05, 0) is 105 Å². The first kappa shape index (κ1) is 28.8. The first-order chi connectivity index (χ1) is 19.1. The van der Waals surface area contributed by atoms with Crippen LogP contribution in [0.1, 0.15) is 83.1 Å². The first-order valence-corrected chi connectivity index (χ1v) is 15.2. The third-order valence-electron chi connectivity index (χ3n) is 12.3. The van der Waals surface area contributed by atoms with E-state index in [-0.39, 0.29) is 52.8 Å². The minimum atomic E-state index is -1.09. The van der Waals surface area contributed by atoms with E-state index in [1.807, 2.05) is 6.07 Å². The molecule has 5 aliphatic rings. The summed E-state index contributed by atoms with van der Waals surface area (Å²) in [7, 11) is 1.47. The summed E-state index contributed by atoms with van der Waals surface area (Å²) in [5.74, 6) is 0.731. The van der Waals surface area contributed by atoms with Crippen molar-refractivity contribution >= 4 is 0 Å². The minimum absolute atomic E-state index is 0.100. The molecule has 0 spiro atoms. The highest BCUT2D eigenvalue weighted by atomic mass is 16.7. The quantitative estimate of drug-likeness (QED) is 0.399. The van der Waals surface area contributed by atoms with Crippen LogP contribution in [-0.4, -0.2) is 76.6 Å². The van der Waals surface area contributed by atoms with Crippen LogP contribution in [0.5, 0.6) is 0 Å². The van der Waals surface area contributed by atoms with Gasteiger partial charge in [-0.25, -0.2) is 4.79 Å². The molecule has 5 fully saturated rings. The van der Waals surface area contributed by atoms with Crippen molar-refractivity contribution < 1.29 is 39.1 Å². The van der Waals surface area contributed by atoms with Gasteiger partial charge in [0.25, 0.3) is 0 Å². The molecule has 6 rings (SSSR count). The van der Waals surface area contributed by atoms with Crippen molar-refractivity contribution in [3.63, 3.8) is 0 Å². The van der Waals surface area contributed by atoms with E-state index in [1.165, 1.54) is 13.2 Å². The van der Waals surface area contributed by atoms with Gasteiger partial charge in [-0.1, -0.05) is 6.92 Å². The van der Waals surface area contributed by atoms with E-state index in [1.54, 1.807) is 13.2 Å². The van der Waals surface area contributed by atoms with Gasteiger partial charge in [0.05, 0.1) is 24.1 Å². The predicted octanol–water partition coefficient (Wildman–Crippen LogP) is 2.72. The maximum Gasteiger partial charge on any atom is 0.335 e. The Morgan fingerprint density at radius 3 is 2.52 bits per heavy atom. The molecule has 3 unspecified atom stereocenters. The Kier molecular flexibility index (Phi) is 7.51. The van der Waals surface area contributed by atoms with Crippen LogP contribution in [-0.2, 0) is 14.2 Å². The van der Waals surface area contributed by atoms with E-state index in [2.05, 4.69) is 6.92 Å². The molecule has 4 aliphatic carbocycles. The van der Waals surface area contributed by atoms with Crippen molar-refractivity contribution in [2.45, 2.75) is 120 Å². The van der Waals surface area contributed by atoms with Gasteiger partial charge >= 0.3 is 5.63 Å². The molecule has 0 amide bonds. The van der Waals surface area contributed by atoms with Crippen LogP contribution in [0.4, 0.5) is 0 Å². The largest absolute Gasteiger partial charge is 0.431 e. The summed E-state index contributed by atoms with van der Waals surface area (Å²) in [5.41, 5.74) is -0.773. The van der Waals surface area contributed by atoms with Gasteiger partial charge in [-0.15, -0.1) is 0 Å². The van der Waals surface area contributed by atoms with Gasteiger partial charge in [0, 0.05) is 25.2 Å². The molecule has 2 heterocycles. The van der Waals surface area contributed by atoms with E-state index in [9.17, 15) is 25.2 Å². The second-order valence-electron chi connectivity index (χ2n) is 13.7. The Morgan fingerprint density at radius 2 is 1.82 bits per heavy atom. The van der Waals surface area contributed by atoms with Crippen LogP contribution in [0.15, 0.2) is 27.6 Å². The maximum atomic E-state index is 12.5. The van der Waals surface area contributed by atoms with Crippen LogP contribution in [0.25, 0.3) is 0 Å². The van der Waals surface area contributed by atoms with Gasteiger partial charge in [-0.2, -0.15) is 0 Å². The minimum Gasteiger partial charge on any atom is -0.431 e. The number of methoxy groups -OCH3 is 1. The maximum absolute atomic E-state index is 12.5. The second-order valence-corrected chi connectivity index (χ2v) is 13.7. The molecular formula is C31H46O9. The summed E-state index contributed by atoms with van der Waals surface area (Å²) in [6, 6.07) is 3.33. The Bertz CT molecular complexity index is 1100. The molecule has 9 nitrogen and oxygen atoms in total. The van der Waals surface area contributed by atoms with Crippen LogP contribution in [0.3, 0.4) is 0 Å². The monoisotopic (exact) mass is 562 g/mol. The molecule has 40 heavy (non-hydrogen) atoms. The van der Waals surface area contributed by atoms with Crippen molar-refractivity contribution in [1.82, 2.24) is 0 Å². The molecule has 0 radical (unpaired) electrons. The van der Waals surface area contributed by atoms with Gasteiger partial charge in [0.2, 0.25) is 0 Å². The molecule has 1 aromatic heterocycles. The number of aliphatic hydroxyl groups excluding tert-OH is 3. The molecule has 1 aliphatic heterocycles. The molecule has 0 bridgehead atoms. The molecule has 1 saturated heterocycles. The Labute approximate surface area is 235 Å². The highest BCUT2D eigenvalue weighted by Gasteiger charge is 2.68. The number of fused-ring (bicyclic) bond motifs is 5. The van der Waals surface area contributed by atoms with Gasteiger partial charge < -0.3 is 39.1 Å². The highest BCUT2D eigenvalue weighted by Crippen LogP contribution is 2.70. The zero-order chi connectivity index (χ0) is 28.4. The van der Waals surface area contributed by atoms with Crippen molar-refractivity contribution in [3.05, 3.63) is 34.4 Å². The number of rotatable bonds is 5. The molecule has 224 valence electrons. The summed E-state index contributed by atoms with van der Waals surface area (Å²) < 4.78 is 22.7. The van der Waals surface area contributed by atoms with Crippen LogP contribution in [0, 0.1) is 28.6 Å². The summed E-state index contributed by atoms with van der Waals surface area (Å²) in [5, 5.41) is 44.5. The topological polar surface area (TPSA) is 139 Å². The fourth-order valence-electron chi connectivity index (χ4n) is 10.1. The molecular weight excluding hydrogens is 516 g/mol. The van der Waals surface area contributed by atoms with Crippen molar-refractivity contribution in [2.75, 3.05) is 13.7 Å². The first-order valence-electron chi connectivity index (χ1n) is 15.2. The molecule has 4 saturated carbocycles. The third-order valence-corrected chi connectivity index (χ3v) is 12.3. The Morgan fingerprint density at radius 1 is 1.02 bits per heavy atom. The lowest BCUT2D eigenvalue weighted by atomic mass is 9.43. The van der Waals surface area contributed by atoms with E-state index in [0.29, 0.717) is 6.42 Å². The third kappa shape index (κ3) is 4.18. The van der Waals surface area contributed by atoms with Crippen molar-refractivity contribution in [3.8, 4) is 0 Å². The van der Waals surface area contributed by atoms with Crippen molar-refractivity contribution in [1.29, 1.82) is 0 Å². The SMILES string of the molecule is CO[C@H]1[C@H](O)[C@@H](C)OC(OC2CC[C@@]3(CO)C(CC[C@@H]4[C@@H]3CC[C@]3(C)[C@@H](c5ccc(=O)oc5)CC[C@]43O)C2)[C@@H]1O. The van der Waals surface area contributed by atoms with Crippen LogP contribution in [0.2, 0.25) is 0 Å². The highest BCUT2D eigenvalue weighted by molar-refractivity contribution is 5.27. The summed E-state index contributed by atoms with van der Waals surface area (Å²) >= 11 is 0. The van der Waals surface area contributed by atoms with Crippen molar-refractivity contribution in [2.24, 2.45) is 28.6 Å². The predicted molar refractivity (Wildman–Crippen MR) is 144 cm³/mol. The van der Waals surface area contributed by atoms with Crippen LogP contribution < -0.4 is 5.63 Å². The van der Waals surface area contributed by atoms with Gasteiger partial charge in [0.1, 0.15) is 18.3 Å². The van der Waals surface area contributed by atoms with E-state index >= 15 is 0 Å².